The number of ether oxygens (including phenoxy) is 1. The molecule has 1 N–H and O–H groups in total. The Balaban J connectivity index is -0.000000333. The van der Waals surface area contributed by atoms with Crippen molar-refractivity contribution < 1.29 is 23.9 Å². The molecule has 0 bridgehead atoms. The topological polar surface area (TPSA) is 105 Å². The molecule has 0 unspecified atom stereocenters. The average Bonchev–Trinajstić information content (AvgIpc) is 2.34. The van der Waals surface area contributed by atoms with Crippen molar-refractivity contribution in [3.63, 3.8) is 0 Å². The van der Waals surface area contributed by atoms with Crippen LogP contribution in [0.5, 0.6) is 0 Å². The second-order valence-electron chi connectivity index (χ2n) is 5.12. The van der Waals surface area contributed by atoms with E-state index in [-0.39, 0.29) is 26.2 Å². The standard InChI is InChI=1S/C8H15NO2.C6H13NO3S.H2/c1-4-11-8(10)6-9-5-7(2)3;1-6(2)5-7-3-4-11(8,9)10;/h5,7H,4,6H2,1-3H3;5-6H,3-4H2,1-2H3,(H,8,9,10);1H. The molecule has 0 aliphatic heterocycles. The fourth-order valence-electron chi connectivity index (χ4n) is 0.998. The number of esters is 1. The predicted molar refractivity (Wildman–Crippen MR) is 91.6 cm³/mol. The molecule has 0 heterocycles. The number of hydrogen-bond acceptors (Lipinski definition) is 6. The van der Waals surface area contributed by atoms with Gasteiger partial charge in [0.1, 0.15) is 6.54 Å². The lowest BCUT2D eigenvalue weighted by atomic mass is 10.2. The van der Waals surface area contributed by atoms with Gasteiger partial charge in [0.2, 0.25) is 0 Å². The van der Waals surface area contributed by atoms with Crippen LogP contribution in [0.2, 0.25) is 0 Å². The lowest BCUT2D eigenvalue weighted by molar-refractivity contribution is -0.141. The van der Waals surface area contributed by atoms with Crippen LogP contribution in [0.1, 0.15) is 36.0 Å². The Morgan fingerprint density at radius 3 is 2.09 bits per heavy atom. The monoisotopic (exact) mass is 338 g/mol. The van der Waals surface area contributed by atoms with Crippen molar-refractivity contribution in [3.05, 3.63) is 0 Å². The summed E-state index contributed by atoms with van der Waals surface area (Å²) in [6, 6.07) is 0. The second-order valence-corrected chi connectivity index (χ2v) is 6.70. The molecule has 0 aliphatic rings. The fraction of sp³-hybridized carbons (Fsp3) is 0.786. The van der Waals surface area contributed by atoms with E-state index in [1.165, 1.54) is 0 Å². The third kappa shape index (κ3) is 23.8. The maximum absolute atomic E-state index is 10.7. The van der Waals surface area contributed by atoms with E-state index in [0.29, 0.717) is 18.4 Å². The van der Waals surface area contributed by atoms with Crippen molar-refractivity contribution in [1.29, 1.82) is 0 Å². The van der Waals surface area contributed by atoms with Gasteiger partial charge in [0, 0.05) is 13.9 Å². The molecular formula is C14H30N2O5S. The van der Waals surface area contributed by atoms with Crippen molar-refractivity contribution in [2.75, 3.05) is 25.4 Å². The Morgan fingerprint density at radius 2 is 1.68 bits per heavy atom. The van der Waals surface area contributed by atoms with Crippen LogP contribution in [-0.2, 0) is 19.6 Å². The van der Waals surface area contributed by atoms with E-state index in [4.69, 9.17) is 4.55 Å². The highest BCUT2D eigenvalue weighted by molar-refractivity contribution is 7.85. The van der Waals surface area contributed by atoms with Gasteiger partial charge in [-0.15, -0.1) is 0 Å². The smallest absolute Gasteiger partial charge is 0.327 e. The van der Waals surface area contributed by atoms with Crippen molar-refractivity contribution >= 4 is 28.5 Å². The van der Waals surface area contributed by atoms with Crippen LogP contribution >= 0.6 is 0 Å². The van der Waals surface area contributed by atoms with Crippen LogP contribution in [0.25, 0.3) is 0 Å². The highest BCUT2D eigenvalue weighted by Crippen LogP contribution is 1.87. The lowest BCUT2D eigenvalue weighted by Crippen LogP contribution is -2.08. The molecule has 0 amide bonds. The molecule has 0 aromatic carbocycles. The SMILES string of the molecule is CC(C)C=NCCS(=O)(=O)O.CCOC(=O)CN=CC(C)C.[HH]. The first kappa shape index (κ1) is 23.0. The maximum atomic E-state index is 10.7. The number of rotatable bonds is 8. The van der Waals surface area contributed by atoms with Gasteiger partial charge in [-0.2, -0.15) is 8.42 Å². The Hall–Kier alpha value is -1.28. The van der Waals surface area contributed by atoms with Crippen molar-refractivity contribution in [3.8, 4) is 0 Å². The van der Waals surface area contributed by atoms with Gasteiger partial charge in [0.15, 0.2) is 0 Å². The quantitative estimate of drug-likeness (QED) is 0.414. The average molecular weight is 338 g/mol. The molecule has 8 heteroatoms. The normalized spacial score (nSPS) is 12.0. The first-order valence-electron chi connectivity index (χ1n) is 7.19. The van der Waals surface area contributed by atoms with Crippen molar-refractivity contribution in [2.45, 2.75) is 34.6 Å². The zero-order valence-electron chi connectivity index (χ0n) is 14.0. The molecule has 0 fully saturated rings. The summed E-state index contributed by atoms with van der Waals surface area (Å²) in [6.45, 7) is 10.4. The number of carbonyl (C=O) groups is 1. The lowest BCUT2D eigenvalue weighted by Gasteiger charge is -1.97. The Bertz CT molecular complexity index is 448. The minimum Gasteiger partial charge on any atom is -0.465 e. The molecule has 0 radical (unpaired) electrons. The van der Waals surface area contributed by atoms with E-state index < -0.39 is 10.1 Å². The fourth-order valence-corrected chi connectivity index (χ4v) is 1.33. The maximum Gasteiger partial charge on any atom is 0.327 e. The van der Waals surface area contributed by atoms with E-state index in [1.54, 1.807) is 19.4 Å². The summed E-state index contributed by atoms with van der Waals surface area (Å²) in [7, 11) is -3.84. The molecule has 0 rings (SSSR count). The summed E-state index contributed by atoms with van der Waals surface area (Å²) in [5, 5.41) is 0. The summed E-state index contributed by atoms with van der Waals surface area (Å²) in [6.07, 6.45) is 3.40. The number of hydrogen-bond donors (Lipinski definition) is 1. The zero-order valence-corrected chi connectivity index (χ0v) is 14.8. The van der Waals surface area contributed by atoms with Gasteiger partial charge in [0.25, 0.3) is 10.1 Å². The molecule has 22 heavy (non-hydrogen) atoms. The molecule has 0 spiro atoms. The predicted octanol–water partition coefficient (Wildman–Crippen LogP) is 2.12. The molecule has 0 atom stereocenters. The number of carbonyl (C=O) groups excluding carboxylic acids is 1. The van der Waals surface area contributed by atoms with E-state index in [1.807, 2.05) is 27.7 Å². The van der Waals surface area contributed by atoms with E-state index in [0.717, 1.165) is 0 Å². The highest BCUT2D eigenvalue weighted by Gasteiger charge is 2.01. The summed E-state index contributed by atoms with van der Waals surface area (Å²) < 4.78 is 33.3. The second kappa shape index (κ2) is 13.4. The van der Waals surface area contributed by atoms with Crippen LogP contribution < -0.4 is 0 Å². The van der Waals surface area contributed by atoms with Crippen LogP contribution in [0.15, 0.2) is 9.98 Å². The zero-order chi connectivity index (χ0) is 17.6. The van der Waals surface area contributed by atoms with Crippen molar-refractivity contribution in [1.82, 2.24) is 0 Å². The van der Waals surface area contributed by atoms with Gasteiger partial charge in [-0.3, -0.25) is 19.3 Å². The summed E-state index contributed by atoms with van der Waals surface area (Å²) in [5.74, 6) is 0.154. The molecule has 0 saturated heterocycles. The molecule has 0 saturated carbocycles. The van der Waals surface area contributed by atoms with Gasteiger partial charge in [-0.05, 0) is 18.8 Å². The summed E-state index contributed by atoms with van der Waals surface area (Å²) >= 11 is 0. The van der Waals surface area contributed by atoms with Gasteiger partial charge < -0.3 is 4.74 Å². The number of nitrogens with zero attached hydrogens (tertiary/aromatic N) is 2. The van der Waals surface area contributed by atoms with Gasteiger partial charge in [-0.1, -0.05) is 27.7 Å². The number of aliphatic imine (C=N–C) groups is 2. The molecular weight excluding hydrogens is 308 g/mol. The molecule has 0 aromatic heterocycles. The van der Waals surface area contributed by atoms with Gasteiger partial charge >= 0.3 is 5.97 Å². The van der Waals surface area contributed by atoms with Crippen LogP contribution in [0.3, 0.4) is 0 Å². The molecule has 7 nitrogen and oxygen atoms in total. The van der Waals surface area contributed by atoms with Gasteiger partial charge in [-0.25, -0.2) is 0 Å². The molecule has 0 aliphatic carbocycles. The summed E-state index contributed by atoms with van der Waals surface area (Å²) in [4.78, 5) is 18.4. The van der Waals surface area contributed by atoms with E-state index in [2.05, 4.69) is 14.7 Å². The molecule has 132 valence electrons. The Morgan fingerprint density at radius 1 is 1.18 bits per heavy atom. The Labute approximate surface area is 135 Å². The first-order valence-corrected chi connectivity index (χ1v) is 8.80. The Kier molecular flexibility index (Phi) is 14.0. The van der Waals surface area contributed by atoms with E-state index >= 15 is 0 Å². The van der Waals surface area contributed by atoms with Crippen LogP contribution in [-0.4, -0.2) is 56.8 Å². The minimum atomic E-state index is -3.84. The minimum absolute atomic E-state index is 0. The van der Waals surface area contributed by atoms with Crippen molar-refractivity contribution in [2.24, 2.45) is 21.8 Å². The third-order valence-electron chi connectivity index (χ3n) is 1.81. The largest absolute Gasteiger partial charge is 0.465 e. The van der Waals surface area contributed by atoms with Crippen LogP contribution in [0.4, 0.5) is 0 Å². The van der Waals surface area contributed by atoms with Gasteiger partial charge in [0.05, 0.1) is 18.9 Å². The van der Waals surface area contributed by atoms with E-state index in [9.17, 15) is 13.2 Å². The first-order chi connectivity index (χ1) is 10.1. The summed E-state index contributed by atoms with van der Waals surface area (Å²) in [5.41, 5.74) is 0. The highest BCUT2D eigenvalue weighted by atomic mass is 32.2. The third-order valence-corrected chi connectivity index (χ3v) is 2.51. The van der Waals surface area contributed by atoms with Crippen LogP contribution in [0, 0.1) is 11.8 Å². The molecule has 0 aromatic rings.